The number of rotatable bonds is 7. The van der Waals surface area contributed by atoms with E-state index in [4.69, 9.17) is 21.4 Å². The van der Waals surface area contributed by atoms with E-state index in [1.807, 2.05) is 6.92 Å². The Kier molecular flexibility index (Phi) is 6.57. The van der Waals surface area contributed by atoms with E-state index in [1.165, 1.54) is 0 Å². The standard InChI is InChI=1S/C11H19N3O2S/c1-3-9-7-13-10(16-9)8-14-11(17)12-5-4-6-15-2/h7H,3-6,8H2,1-2H3,(H2,12,14,17). The number of ether oxygens (including phenoxy) is 1. The first kappa shape index (κ1) is 13.9. The fraction of sp³-hybridized carbons (Fsp3) is 0.636. The zero-order chi connectivity index (χ0) is 12.5. The third kappa shape index (κ3) is 5.65. The number of nitrogens with zero attached hydrogens (tertiary/aromatic N) is 1. The molecular formula is C11H19N3O2S. The fourth-order valence-corrected chi connectivity index (χ4v) is 1.40. The second kappa shape index (κ2) is 8.03. The maximum absolute atomic E-state index is 5.45. The lowest BCUT2D eigenvalue weighted by Crippen LogP contribution is -2.35. The van der Waals surface area contributed by atoms with Crippen LogP contribution in [0.2, 0.25) is 0 Å². The minimum Gasteiger partial charge on any atom is -0.444 e. The smallest absolute Gasteiger partial charge is 0.213 e. The molecule has 0 aliphatic rings. The third-order valence-electron chi connectivity index (χ3n) is 2.16. The number of oxazole rings is 1. The van der Waals surface area contributed by atoms with Crippen LogP contribution in [0, 0.1) is 0 Å². The highest BCUT2D eigenvalue weighted by atomic mass is 32.1. The average Bonchev–Trinajstić information content (AvgIpc) is 2.80. The Morgan fingerprint density at radius 3 is 3.00 bits per heavy atom. The molecule has 0 unspecified atom stereocenters. The molecule has 2 N–H and O–H groups in total. The second-order valence-corrected chi connectivity index (χ2v) is 3.94. The molecule has 0 saturated carbocycles. The fourth-order valence-electron chi connectivity index (χ4n) is 1.23. The number of aryl methyl sites for hydroxylation is 1. The van der Waals surface area contributed by atoms with Crippen molar-refractivity contribution < 1.29 is 9.15 Å². The van der Waals surface area contributed by atoms with Gasteiger partial charge < -0.3 is 19.8 Å². The van der Waals surface area contributed by atoms with E-state index in [2.05, 4.69) is 15.6 Å². The highest BCUT2D eigenvalue weighted by Gasteiger charge is 2.02. The minimum atomic E-state index is 0.510. The van der Waals surface area contributed by atoms with Gasteiger partial charge >= 0.3 is 0 Å². The van der Waals surface area contributed by atoms with Gasteiger partial charge in [-0.1, -0.05) is 6.92 Å². The predicted octanol–water partition coefficient (Wildman–Crippen LogP) is 1.24. The predicted molar refractivity (Wildman–Crippen MR) is 69.8 cm³/mol. The topological polar surface area (TPSA) is 59.3 Å². The van der Waals surface area contributed by atoms with Gasteiger partial charge in [0.25, 0.3) is 0 Å². The number of thiocarbonyl (C=S) groups is 1. The summed E-state index contributed by atoms with van der Waals surface area (Å²) in [6.45, 7) is 4.07. The maximum Gasteiger partial charge on any atom is 0.213 e. The minimum absolute atomic E-state index is 0.510. The Balaban J connectivity index is 2.14. The molecular weight excluding hydrogens is 238 g/mol. The molecule has 0 spiro atoms. The zero-order valence-corrected chi connectivity index (χ0v) is 11.1. The van der Waals surface area contributed by atoms with E-state index in [1.54, 1.807) is 13.3 Å². The van der Waals surface area contributed by atoms with Crippen molar-refractivity contribution in [1.82, 2.24) is 15.6 Å². The van der Waals surface area contributed by atoms with E-state index in [-0.39, 0.29) is 0 Å². The summed E-state index contributed by atoms with van der Waals surface area (Å²) >= 11 is 5.11. The third-order valence-corrected chi connectivity index (χ3v) is 2.45. The highest BCUT2D eigenvalue weighted by molar-refractivity contribution is 7.80. The van der Waals surface area contributed by atoms with Gasteiger partial charge in [0.1, 0.15) is 5.76 Å². The lowest BCUT2D eigenvalue weighted by atomic mass is 10.4. The van der Waals surface area contributed by atoms with E-state index in [0.717, 1.165) is 31.8 Å². The molecule has 0 radical (unpaired) electrons. The van der Waals surface area contributed by atoms with Crippen molar-refractivity contribution in [3.05, 3.63) is 17.8 Å². The molecule has 1 heterocycles. The second-order valence-electron chi connectivity index (χ2n) is 3.53. The van der Waals surface area contributed by atoms with Gasteiger partial charge in [-0.3, -0.25) is 0 Å². The quantitative estimate of drug-likeness (QED) is 0.566. The monoisotopic (exact) mass is 257 g/mol. The van der Waals surface area contributed by atoms with Crippen LogP contribution in [0.15, 0.2) is 10.6 Å². The Morgan fingerprint density at radius 1 is 1.53 bits per heavy atom. The first-order valence-electron chi connectivity index (χ1n) is 5.70. The zero-order valence-electron chi connectivity index (χ0n) is 10.3. The molecule has 0 aromatic carbocycles. The summed E-state index contributed by atoms with van der Waals surface area (Å²) in [6, 6.07) is 0. The molecule has 1 rings (SSSR count). The van der Waals surface area contributed by atoms with E-state index < -0.39 is 0 Å². The Bertz CT molecular complexity index is 341. The van der Waals surface area contributed by atoms with Crippen molar-refractivity contribution >= 4 is 17.3 Å². The molecule has 96 valence electrons. The number of methoxy groups -OCH3 is 1. The van der Waals surface area contributed by atoms with Crippen LogP contribution in [-0.2, 0) is 17.7 Å². The largest absolute Gasteiger partial charge is 0.444 e. The van der Waals surface area contributed by atoms with E-state index in [9.17, 15) is 0 Å². The van der Waals surface area contributed by atoms with Gasteiger partial charge in [-0.15, -0.1) is 0 Å². The molecule has 17 heavy (non-hydrogen) atoms. The summed E-state index contributed by atoms with van der Waals surface area (Å²) in [4.78, 5) is 4.13. The first-order chi connectivity index (χ1) is 8.26. The molecule has 0 fully saturated rings. The van der Waals surface area contributed by atoms with Crippen LogP contribution < -0.4 is 10.6 Å². The number of aromatic nitrogens is 1. The van der Waals surface area contributed by atoms with Gasteiger partial charge in [-0.2, -0.15) is 0 Å². The molecule has 5 nitrogen and oxygen atoms in total. The van der Waals surface area contributed by atoms with Gasteiger partial charge in [0.05, 0.1) is 12.7 Å². The summed E-state index contributed by atoms with van der Waals surface area (Å²) < 4.78 is 10.4. The summed E-state index contributed by atoms with van der Waals surface area (Å²) in [5, 5.41) is 6.72. The molecule has 6 heteroatoms. The number of nitrogens with one attached hydrogen (secondary N) is 2. The number of hydrogen-bond acceptors (Lipinski definition) is 4. The van der Waals surface area contributed by atoms with Gasteiger partial charge in [0, 0.05) is 26.7 Å². The van der Waals surface area contributed by atoms with Gasteiger partial charge in [0.15, 0.2) is 5.11 Å². The van der Waals surface area contributed by atoms with Gasteiger partial charge in [-0.05, 0) is 18.6 Å². The SMILES string of the molecule is CCc1cnc(CNC(=S)NCCCOC)o1. The Labute approximate surface area is 107 Å². The van der Waals surface area contributed by atoms with E-state index >= 15 is 0 Å². The average molecular weight is 257 g/mol. The highest BCUT2D eigenvalue weighted by Crippen LogP contribution is 2.03. The van der Waals surface area contributed by atoms with Crippen molar-refractivity contribution in [2.24, 2.45) is 0 Å². The summed E-state index contributed by atoms with van der Waals surface area (Å²) in [5.74, 6) is 1.55. The van der Waals surface area contributed by atoms with Gasteiger partial charge in [0.2, 0.25) is 5.89 Å². The van der Waals surface area contributed by atoms with Crippen LogP contribution in [0.25, 0.3) is 0 Å². The van der Waals surface area contributed by atoms with Gasteiger partial charge in [-0.25, -0.2) is 4.98 Å². The van der Waals surface area contributed by atoms with Crippen LogP contribution >= 0.6 is 12.2 Å². The lowest BCUT2D eigenvalue weighted by Gasteiger charge is -2.08. The van der Waals surface area contributed by atoms with Crippen molar-refractivity contribution in [1.29, 1.82) is 0 Å². The summed E-state index contributed by atoms with van der Waals surface area (Å²) in [7, 11) is 1.68. The normalized spacial score (nSPS) is 10.2. The van der Waals surface area contributed by atoms with Crippen molar-refractivity contribution in [3.8, 4) is 0 Å². The Hall–Kier alpha value is -1.14. The molecule has 0 aliphatic heterocycles. The van der Waals surface area contributed by atoms with E-state index in [0.29, 0.717) is 17.5 Å². The molecule has 0 saturated heterocycles. The van der Waals surface area contributed by atoms with Crippen LogP contribution in [0.3, 0.4) is 0 Å². The molecule has 1 aromatic rings. The summed E-state index contributed by atoms with van der Waals surface area (Å²) in [6.07, 6.45) is 3.52. The Morgan fingerprint density at radius 2 is 2.35 bits per heavy atom. The molecule has 1 aromatic heterocycles. The van der Waals surface area contributed by atoms with Crippen LogP contribution in [0.1, 0.15) is 25.0 Å². The van der Waals surface area contributed by atoms with Crippen LogP contribution in [-0.4, -0.2) is 30.4 Å². The number of hydrogen-bond donors (Lipinski definition) is 2. The molecule has 0 amide bonds. The molecule has 0 aliphatic carbocycles. The van der Waals surface area contributed by atoms with Crippen molar-refractivity contribution in [2.75, 3.05) is 20.3 Å². The first-order valence-corrected chi connectivity index (χ1v) is 6.11. The van der Waals surface area contributed by atoms with Crippen LogP contribution in [0.5, 0.6) is 0 Å². The van der Waals surface area contributed by atoms with Crippen molar-refractivity contribution in [2.45, 2.75) is 26.3 Å². The lowest BCUT2D eigenvalue weighted by molar-refractivity contribution is 0.195. The molecule has 0 atom stereocenters. The maximum atomic E-state index is 5.45. The molecule has 0 bridgehead atoms. The van der Waals surface area contributed by atoms with Crippen molar-refractivity contribution in [3.63, 3.8) is 0 Å². The summed E-state index contributed by atoms with van der Waals surface area (Å²) in [5.41, 5.74) is 0. The van der Waals surface area contributed by atoms with Crippen LogP contribution in [0.4, 0.5) is 0 Å².